The molecule has 120 valence electrons. The Morgan fingerprint density at radius 1 is 1.33 bits per heavy atom. The van der Waals surface area contributed by atoms with Gasteiger partial charge in [0.2, 0.25) is 0 Å². The molecule has 1 aromatic rings. The predicted molar refractivity (Wildman–Crippen MR) is 86.7 cm³/mol. The molecule has 1 fully saturated rings. The van der Waals surface area contributed by atoms with Gasteiger partial charge in [0.15, 0.2) is 0 Å². The first-order chi connectivity index (χ1) is 9.63. The Morgan fingerprint density at radius 2 is 1.95 bits per heavy atom. The predicted octanol–water partition coefficient (Wildman–Crippen LogP) is 3.69. The molecule has 1 aliphatic rings. The molecule has 0 bridgehead atoms. The SMILES string of the molecule is CCC(NC)c1c(C)nn(C2CC(C)(C)OC2(C)C)c1C. The van der Waals surface area contributed by atoms with Gasteiger partial charge in [0.05, 0.1) is 22.9 Å². The largest absolute Gasteiger partial charge is 0.367 e. The Kier molecular flexibility index (Phi) is 4.24. The summed E-state index contributed by atoms with van der Waals surface area (Å²) < 4.78 is 8.45. The lowest BCUT2D eigenvalue weighted by Crippen LogP contribution is -2.32. The average Bonchev–Trinajstić information content (AvgIpc) is 2.76. The second-order valence-corrected chi connectivity index (χ2v) is 7.46. The molecule has 1 aromatic heterocycles. The van der Waals surface area contributed by atoms with Crippen LogP contribution in [0.4, 0.5) is 0 Å². The molecule has 2 heterocycles. The summed E-state index contributed by atoms with van der Waals surface area (Å²) in [5.41, 5.74) is 3.47. The van der Waals surface area contributed by atoms with Crippen LogP contribution in [0, 0.1) is 13.8 Å². The van der Waals surface area contributed by atoms with Crippen LogP contribution in [-0.2, 0) is 4.74 Å². The molecule has 2 atom stereocenters. The van der Waals surface area contributed by atoms with Crippen molar-refractivity contribution in [3.63, 3.8) is 0 Å². The standard InChI is InChI=1S/C17H31N3O/c1-9-13(18-8)15-11(2)19-20(12(15)3)14-10-16(4,5)21-17(14,6)7/h13-14,18H,9-10H2,1-8H3. The number of nitrogens with zero attached hydrogens (tertiary/aromatic N) is 2. The second-order valence-electron chi connectivity index (χ2n) is 7.46. The first kappa shape index (κ1) is 16.5. The van der Waals surface area contributed by atoms with E-state index in [4.69, 9.17) is 9.84 Å². The van der Waals surface area contributed by atoms with Crippen molar-refractivity contribution < 1.29 is 4.74 Å². The van der Waals surface area contributed by atoms with Crippen molar-refractivity contribution in [3.8, 4) is 0 Å². The zero-order valence-corrected chi connectivity index (χ0v) is 14.9. The Labute approximate surface area is 129 Å². The number of rotatable bonds is 4. The van der Waals surface area contributed by atoms with E-state index in [0.717, 1.165) is 18.5 Å². The molecule has 21 heavy (non-hydrogen) atoms. The Morgan fingerprint density at radius 3 is 2.38 bits per heavy atom. The van der Waals surface area contributed by atoms with Gasteiger partial charge in [-0.1, -0.05) is 6.92 Å². The summed E-state index contributed by atoms with van der Waals surface area (Å²) in [5, 5.41) is 8.27. The van der Waals surface area contributed by atoms with Crippen LogP contribution in [-0.4, -0.2) is 28.0 Å². The highest BCUT2D eigenvalue weighted by molar-refractivity contribution is 5.29. The molecular weight excluding hydrogens is 262 g/mol. The van der Waals surface area contributed by atoms with Gasteiger partial charge in [-0.3, -0.25) is 4.68 Å². The molecule has 0 amide bonds. The summed E-state index contributed by atoms with van der Waals surface area (Å²) in [4.78, 5) is 0. The minimum Gasteiger partial charge on any atom is -0.367 e. The lowest BCUT2D eigenvalue weighted by atomic mass is 9.94. The highest BCUT2D eigenvalue weighted by Gasteiger charge is 2.48. The van der Waals surface area contributed by atoms with Gasteiger partial charge in [0.25, 0.3) is 0 Å². The fourth-order valence-electron chi connectivity index (χ4n) is 3.95. The number of nitrogens with one attached hydrogen (secondary N) is 1. The van der Waals surface area contributed by atoms with E-state index in [-0.39, 0.29) is 17.2 Å². The van der Waals surface area contributed by atoms with E-state index in [0.29, 0.717) is 6.04 Å². The van der Waals surface area contributed by atoms with Crippen molar-refractivity contribution in [1.82, 2.24) is 15.1 Å². The van der Waals surface area contributed by atoms with E-state index in [1.54, 1.807) is 0 Å². The van der Waals surface area contributed by atoms with Crippen molar-refractivity contribution in [2.75, 3.05) is 7.05 Å². The van der Waals surface area contributed by atoms with E-state index in [1.807, 2.05) is 7.05 Å². The number of aromatic nitrogens is 2. The van der Waals surface area contributed by atoms with Crippen LogP contribution in [0.25, 0.3) is 0 Å². The molecule has 1 aliphatic heterocycles. The van der Waals surface area contributed by atoms with E-state index in [1.165, 1.54) is 11.3 Å². The lowest BCUT2D eigenvalue weighted by Gasteiger charge is -2.28. The van der Waals surface area contributed by atoms with Gasteiger partial charge in [-0.05, 0) is 55.0 Å². The van der Waals surface area contributed by atoms with Gasteiger partial charge in [-0.25, -0.2) is 0 Å². The van der Waals surface area contributed by atoms with Crippen LogP contribution < -0.4 is 5.32 Å². The van der Waals surface area contributed by atoms with Crippen LogP contribution in [0.1, 0.15) is 76.5 Å². The quantitative estimate of drug-likeness (QED) is 0.920. The third-order valence-electron chi connectivity index (χ3n) is 4.81. The fourth-order valence-corrected chi connectivity index (χ4v) is 3.95. The fraction of sp³-hybridized carbons (Fsp3) is 0.824. The van der Waals surface area contributed by atoms with Crippen LogP contribution in [0.5, 0.6) is 0 Å². The second kappa shape index (κ2) is 5.40. The zero-order valence-electron chi connectivity index (χ0n) is 14.9. The van der Waals surface area contributed by atoms with Crippen molar-refractivity contribution in [1.29, 1.82) is 0 Å². The normalized spacial score (nSPS) is 25.2. The Hall–Kier alpha value is -0.870. The summed E-state index contributed by atoms with van der Waals surface area (Å²) >= 11 is 0. The first-order valence-corrected chi connectivity index (χ1v) is 8.06. The molecule has 4 heteroatoms. The van der Waals surface area contributed by atoms with E-state index < -0.39 is 0 Å². The first-order valence-electron chi connectivity index (χ1n) is 8.06. The van der Waals surface area contributed by atoms with Gasteiger partial charge in [-0.2, -0.15) is 5.10 Å². The summed E-state index contributed by atoms with van der Waals surface area (Å²) in [5.74, 6) is 0. The monoisotopic (exact) mass is 293 g/mol. The van der Waals surface area contributed by atoms with Gasteiger partial charge < -0.3 is 10.1 Å². The maximum Gasteiger partial charge on any atom is 0.0858 e. The molecule has 4 nitrogen and oxygen atoms in total. The molecule has 0 aliphatic carbocycles. The highest BCUT2D eigenvalue weighted by atomic mass is 16.5. The van der Waals surface area contributed by atoms with E-state index in [9.17, 15) is 0 Å². The van der Waals surface area contributed by atoms with Gasteiger partial charge in [-0.15, -0.1) is 0 Å². The van der Waals surface area contributed by atoms with E-state index in [2.05, 4.69) is 58.5 Å². The molecule has 2 rings (SSSR count). The Bertz CT molecular complexity index is 512. The molecular formula is C17H31N3O. The number of hydrogen-bond donors (Lipinski definition) is 1. The molecule has 0 radical (unpaired) electrons. The van der Waals surface area contributed by atoms with Crippen LogP contribution >= 0.6 is 0 Å². The molecule has 1 saturated heterocycles. The zero-order chi connectivity index (χ0) is 16.0. The molecule has 1 N–H and O–H groups in total. The van der Waals surface area contributed by atoms with Gasteiger partial charge in [0.1, 0.15) is 0 Å². The third-order valence-corrected chi connectivity index (χ3v) is 4.81. The maximum atomic E-state index is 6.24. The van der Waals surface area contributed by atoms with Gasteiger partial charge in [0, 0.05) is 23.7 Å². The van der Waals surface area contributed by atoms with Crippen LogP contribution in [0.15, 0.2) is 0 Å². The van der Waals surface area contributed by atoms with Crippen molar-refractivity contribution in [2.24, 2.45) is 0 Å². The maximum absolute atomic E-state index is 6.24. The highest BCUT2D eigenvalue weighted by Crippen LogP contribution is 2.45. The molecule has 2 unspecified atom stereocenters. The number of hydrogen-bond acceptors (Lipinski definition) is 3. The minimum absolute atomic E-state index is 0.0895. The summed E-state index contributed by atoms with van der Waals surface area (Å²) in [7, 11) is 2.02. The Balaban J connectivity index is 2.45. The van der Waals surface area contributed by atoms with Crippen LogP contribution in [0.3, 0.4) is 0 Å². The summed E-state index contributed by atoms with van der Waals surface area (Å²) in [6, 6.07) is 0.659. The van der Waals surface area contributed by atoms with Crippen LogP contribution in [0.2, 0.25) is 0 Å². The smallest absolute Gasteiger partial charge is 0.0858 e. The topological polar surface area (TPSA) is 39.1 Å². The molecule has 0 saturated carbocycles. The minimum atomic E-state index is -0.189. The third kappa shape index (κ3) is 2.88. The van der Waals surface area contributed by atoms with Crippen molar-refractivity contribution in [3.05, 3.63) is 17.0 Å². The van der Waals surface area contributed by atoms with E-state index >= 15 is 0 Å². The van der Waals surface area contributed by atoms with Crippen molar-refractivity contribution >= 4 is 0 Å². The molecule has 0 aromatic carbocycles. The lowest BCUT2D eigenvalue weighted by molar-refractivity contribution is -0.0739. The number of aryl methyl sites for hydroxylation is 1. The summed E-state index contributed by atoms with van der Waals surface area (Å²) in [6.07, 6.45) is 2.07. The summed E-state index contributed by atoms with van der Waals surface area (Å²) in [6.45, 7) is 15.2. The molecule has 0 spiro atoms. The van der Waals surface area contributed by atoms with Gasteiger partial charge >= 0.3 is 0 Å². The number of ether oxygens (including phenoxy) is 1. The average molecular weight is 293 g/mol. The van der Waals surface area contributed by atoms with Crippen molar-refractivity contribution in [2.45, 2.75) is 84.6 Å².